The van der Waals surface area contributed by atoms with Gasteiger partial charge in [-0.05, 0) is 53.6 Å². The Balaban J connectivity index is 1.28. The summed E-state index contributed by atoms with van der Waals surface area (Å²) in [6, 6.07) is 26.0. The molecule has 13 nitrogen and oxygen atoms in total. The molecule has 6 aromatic rings. The lowest BCUT2D eigenvalue weighted by Gasteiger charge is -2.18. The number of anilines is 1. The normalized spacial score (nSPS) is 11.4. The number of ketones is 1. The van der Waals surface area contributed by atoms with Crippen molar-refractivity contribution in [1.82, 2.24) is 19.9 Å². The zero-order valence-corrected chi connectivity index (χ0v) is 27.6. The maximum Gasteiger partial charge on any atom is 0.412 e. The van der Waals surface area contributed by atoms with Crippen molar-refractivity contribution in [2.75, 3.05) is 12.4 Å². The zero-order valence-electron chi connectivity index (χ0n) is 27.6. The summed E-state index contributed by atoms with van der Waals surface area (Å²) in [5.41, 5.74) is 1.29. The average Bonchev–Trinajstić information content (AvgIpc) is 3.60. The molecule has 14 heteroatoms. The van der Waals surface area contributed by atoms with Gasteiger partial charge in [0.25, 0.3) is 11.4 Å². The van der Waals surface area contributed by atoms with Gasteiger partial charge in [-0.1, -0.05) is 60.7 Å². The monoisotopic (exact) mass is 703 g/mol. The van der Waals surface area contributed by atoms with Crippen LogP contribution in [-0.2, 0) is 33.8 Å². The average molecular weight is 704 g/mol. The van der Waals surface area contributed by atoms with Crippen molar-refractivity contribution in [3.63, 3.8) is 0 Å². The van der Waals surface area contributed by atoms with Gasteiger partial charge in [0.15, 0.2) is 5.58 Å². The summed E-state index contributed by atoms with van der Waals surface area (Å²) in [5, 5.41) is 5.06. The highest BCUT2D eigenvalue weighted by Crippen LogP contribution is 2.21. The molecule has 1 unspecified atom stereocenters. The first-order valence-electron chi connectivity index (χ1n) is 15.9. The number of hydrogen-bond donors (Lipinski definition) is 2. The van der Waals surface area contributed by atoms with Crippen LogP contribution in [-0.4, -0.2) is 51.4 Å². The van der Waals surface area contributed by atoms with E-state index in [-0.39, 0.29) is 47.1 Å². The largest absolute Gasteiger partial charge is 0.465 e. The molecule has 0 aliphatic heterocycles. The summed E-state index contributed by atoms with van der Waals surface area (Å²) in [6.45, 7) is -0.713. The molecule has 6 rings (SSSR count). The van der Waals surface area contributed by atoms with Crippen molar-refractivity contribution in [3.8, 4) is 11.4 Å². The van der Waals surface area contributed by atoms with Crippen molar-refractivity contribution in [2.24, 2.45) is 0 Å². The third-order valence-corrected chi connectivity index (χ3v) is 7.85. The molecular weight excluding hydrogens is 673 g/mol. The number of halogens is 1. The van der Waals surface area contributed by atoms with E-state index in [1.807, 2.05) is 6.07 Å². The minimum absolute atomic E-state index is 0.00495. The molecule has 0 aliphatic rings. The molecule has 2 heterocycles. The molecule has 0 saturated heterocycles. The van der Waals surface area contributed by atoms with E-state index in [4.69, 9.17) is 13.9 Å². The number of rotatable bonds is 12. The number of nitrogens with zero attached hydrogens (tertiary/aromatic N) is 3. The number of amides is 2. The SMILES string of the molecule is COC(=O)c1ccc2oc(C(=O)C(Cc3ccccc3)NC(=O)Cn3c(-c4ccc(F)cc4)ncc(NC(=O)OCc4ccccc4)c3=O)nc2c1. The van der Waals surface area contributed by atoms with Crippen LogP contribution in [0.5, 0.6) is 0 Å². The summed E-state index contributed by atoms with van der Waals surface area (Å²) in [7, 11) is 1.24. The molecule has 0 spiro atoms. The van der Waals surface area contributed by atoms with Crippen LogP contribution in [0.3, 0.4) is 0 Å². The fourth-order valence-electron chi connectivity index (χ4n) is 5.29. The van der Waals surface area contributed by atoms with E-state index < -0.39 is 47.7 Å². The summed E-state index contributed by atoms with van der Waals surface area (Å²) in [4.78, 5) is 74.6. The fraction of sp³-hybridized carbons (Fsp3) is 0.132. The van der Waals surface area contributed by atoms with Crippen LogP contribution in [0.25, 0.3) is 22.5 Å². The standard InChI is InChI=1S/C38H30FN5O8/c1-50-37(48)26-14-17-31-28(19-26)42-35(52-31)33(46)29(18-23-8-4-2-5-9-23)41-32(45)21-44-34(25-12-15-27(39)16-13-25)40-20-30(36(44)47)43-38(49)51-22-24-10-6-3-7-11-24/h2-17,19-20,29H,18,21-22H2,1H3,(H,41,45)(H,43,49). The predicted octanol–water partition coefficient (Wildman–Crippen LogP) is 5.34. The summed E-state index contributed by atoms with van der Waals surface area (Å²) < 4.78 is 30.5. The first-order chi connectivity index (χ1) is 25.2. The Labute approximate surface area is 295 Å². The van der Waals surface area contributed by atoms with E-state index >= 15 is 0 Å². The Hall–Kier alpha value is -6.96. The van der Waals surface area contributed by atoms with Gasteiger partial charge in [-0.15, -0.1) is 0 Å². The first kappa shape index (κ1) is 34.9. The lowest BCUT2D eigenvalue weighted by molar-refractivity contribution is -0.122. The van der Waals surface area contributed by atoms with E-state index in [1.54, 1.807) is 54.6 Å². The minimum Gasteiger partial charge on any atom is -0.465 e. The van der Waals surface area contributed by atoms with Gasteiger partial charge in [0.1, 0.15) is 42.0 Å². The van der Waals surface area contributed by atoms with Gasteiger partial charge >= 0.3 is 12.1 Å². The lowest BCUT2D eigenvalue weighted by atomic mass is 10.0. The van der Waals surface area contributed by atoms with E-state index in [9.17, 15) is 28.4 Å². The molecule has 0 fully saturated rings. The number of ether oxygens (including phenoxy) is 2. The maximum atomic E-state index is 13.9. The molecule has 2 amide bonds. The number of hydrogen-bond acceptors (Lipinski definition) is 10. The molecule has 4 aromatic carbocycles. The van der Waals surface area contributed by atoms with Gasteiger partial charge in [0.05, 0.1) is 18.9 Å². The number of oxazole rings is 1. The highest BCUT2D eigenvalue weighted by atomic mass is 19.1. The van der Waals surface area contributed by atoms with Crippen molar-refractivity contribution >= 4 is 40.5 Å². The highest BCUT2D eigenvalue weighted by molar-refractivity contribution is 6.01. The number of nitrogens with one attached hydrogen (secondary N) is 2. The van der Waals surface area contributed by atoms with Crippen LogP contribution >= 0.6 is 0 Å². The molecule has 0 radical (unpaired) electrons. The first-order valence-corrected chi connectivity index (χ1v) is 15.9. The van der Waals surface area contributed by atoms with Gasteiger partial charge in [-0.25, -0.2) is 23.9 Å². The van der Waals surface area contributed by atoms with Gasteiger partial charge in [0.2, 0.25) is 11.7 Å². The second-order valence-corrected chi connectivity index (χ2v) is 11.4. The Morgan fingerprint density at radius 2 is 1.60 bits per heavy atom. The number of Topliss-reactive ketones (excluding diaryl/α,β-unsaturated/α-hetero) is 1. The topological polar surface area (TPSA) is 172 Å². The second-order valence-electron chi connectivity index (χ2n) is 11.4. The summed E-state index contributed by atoms with van der Waals surface area (Å²) in [5.74, 6) is -2.89. The van der Waals surface area contributed by atoms with E-state index in [2.05, 4.69) is 20.6 Å². The second kappa shape index (κ2) is 15.7. The minimum atomic E-state index is -1.21. The lowest BCUT2D eigenvalue weighted by Crippen LogP contribution is -2.45. The molecule has 52 heavy (non-hydrogen) atoms. The molecule has 2 aromatic heterocycles. The Morgan fingerprint density at radius 3 is 2.29 bits per heavy atom. The Kier molecular flexibility index (Phi) is 10.5. The number of carbonyl (C=O) groups excluding carboxylic acids is 4. The zero-order chi connectivity index (χ0) is 36.6. The maximum absolute atomic E-state index is 13.9. The van der Waals surface area contributed by atoms with Crippen molar-refractivity contribution in [2.45, 2.75) is 25.6 Å². The van der Waals surface area contributed by atoms with Crippen LogP contribution in [0.2, 0.25) is 0 Å². The Morgan fingerprint density at radius 1 is 0.904 bits per heavy atom. The van der Waals surface area contributed by atoms with Crippen molar-refractivity contribution < 1.29 is 37.5 Å². The molecule has 0 saturated carbocycles. The molecule has 1 atom stereocenters. The van der Waals surface area contributed by atoms with Crippen LogP contribution in [0.1, 0.15) is 32.2 Å². The van der Waals surface area contributed by atoms with Gasteiger partial charge in [-0.3, -0.25) is 24.3 Å². The molecule has 0 aliphatic carbocycles. The predicted molar refractivity (Wildman–Crippen MR) is 186 cm³/mol. The molecule has 262 valence electrons. The van der Waals surface area contributed by atoms with Crippen molar-refractivity contribution in [1.29, 1.82) is 0 Å². The summed E-state index contributed by atoms with van der Waals surface area (Å²) >= 11 is 0. The number of fused-ring (bicyclic) bond motifs is 1. The summed E-state index contributed by atoms with van der Waals surface area (Å²) in [6.07, 6.45) is 0.211. The Bertz CT molecular complexity index is 2310. The highest BCUT2D eigenvalue weighted by Gasteiger charge is 2.28. The number of esters is 1. The third kappa shape index (κ3) is 8.25. The van der Waals surface area contributed by atoms with Gasteiger partial charge < -0.3 is 19.2 Å². The third-order valence-electron chi connectivity index (χ3n) is 7.85. The van der Waals surface area contributed by atoms with E-state index in [0.717, 1.165) is 16.3 Å². The number of carbonyl (C=O) groups is 4. The van der Waals surface area contributed by atoms with Crippen LogP contribution in [0.15, 0.2) is 119 Å². The molecule has 2 N–H and O–H groups in total. The van der Waals surface area contributed by atoms with Gasteiger partial charge in [-0.2, -0.15) is 0 Å². The quantitative estimate of drug-likeness (QED) is 0.125. The van der Waals surface area contributed by atoms with Crippen LogP contribution in [0.4, 0.5) is 14.9 Å². The number of benzene rings is 4. The fourth-order valence-corrected chi connectivity index (χ4v) is 5.29. The smallest absolute Gasteiger partial charge is 0.412 e. The number of methoxy groups -OCH3 is 1. The van der Waals surface area contributed by atoms with E-state index in [1.165, 1.54) is 49.6 Å². The van der Waals surface area contributed by atoms with E-state index in [0.29, 0.717) is 11.1 Å². The molecule has 0 bridgehead atoms. The van der Waals surface area contributed by atoms with Gasteiger partial charge in [0, 0.05) is 12.0 Å². The van der Waals surface area contributed by atoms with Crippen LogP contribution < -0.4 is 16.2 Å². The number of aromatic nitrogens is 3. The molecular formula is C38H30FN5O8. The van der Waals surface area contributed by atoms with Crippen LogP contribution in [0, 0.1) is 5.82 Å². The van der Waals surface area contributed by atoms with Crippen molar-refractivity contribution in [3.05, 3.63) is 148 Å².